The van der Waals surface area contributed by atoms with Crippen LogP contribution in [-0.4, -0.2) is 18.4 Å². The highest BCUT2D eigenvalue weighted by molar-refractivity contribution is 7.90. The van der Waals surface area contributed by atoms with E-state index in [2.05, 4.69) is 9.97 Å². The predicted molar refractivity (Wildman–Crippen MR) is 102 cm³/mol. The average molecular weight is 557 g/mol. The molecule has 0 bridgehead atoms. The van der Waals surface area contributed by atoms with Crippen molar-refractivity contribution in [3.8, 4) is 0 Å². The number of nitrogens with zero attached hydrogens (tertiary/aromatic N) is 2. The molecule has 3 aromatic rings. The van der Waals surface area contributed by atoms with Crippen molar-refractivity contribution in [2.45, 2.75) is 29.3 Å². The molecule has 0 spiro atoms. The zero-order valence-corrected chi connectivity index (χ0v) is 18.2. The van der Waals surface area contributed by atoms with Crippen LogP contribution >= 0.6 is 23.2 Å². The largest absolute Gasteiger partial charge is 0.436 e. The molecule has 1 heterocycles. The van der Waals surface area contributed by atoms with Crippen molar-refractivity contribution in [2.75, 3.05) is 0 Å². The zero-order chi connectivity index (χ0) is 25.9. The van der Waals surface area contributed by atoms with E-state index in [1.165, 1.54) is 0 Å². The Balaban J connectivity index is 2.23. The lowest BCUT2D eigenvalue weighted by molar-refractivity contribution is -0.144. The van der Waals surface area contributed by atoms with Gasteiger partial charge in [0.15, 0.2) is 10.7 Å². The smallest absolute Gasteiger partial charge is 0.239 e. The van der Waals surface area contributed by atoms with E-state index in [1.54, 1.807) is 0 Å². The molecule has 1 aromatic heterocycles. The standard InChI is InChI=1S/C18H7Cl2F9N2O2S/c19-10-4-12-13(5-11(10)20)31-15(14(30-12)18(27,28)29)34(32,33)6-7-1-2-8(16(21,22)23)3-9(7)17(24,25)26/h1-5H,6H2. The minimum Gasteiger partial charge on any atom is -0.239 e. The van der Waals surface area contributed by atoms with E-state index >= 15 is 0 Å². The average Bonchev–Trinajstić information content (AvgIpc) is 2.65. The molecule has 0 saturated heterocycles. The summed E-state index contributed by atoms with van der Waals surface area (Å²) in [6, 6.07) is 1.84. The molecule has 4 nitrogen and oxygen atoms in total. The number of hydrogen-bond donors (Lipinski definition) is 0. The number of benzene rings is 2. The fraction of sp³-hybridized carbons (Fsp3) is 0.222. The van der Waals surface area contributed by atoms with E-state index in [-0.39, 0.29) is 28.2 Å². The summed E-state index contributed by atoms with van der Waals surface area (Å²) in [5.41, 5.74) is -7.95. The molecular weight excluding hydrogens is 550 g/mol. The van der Waals surface area contributed by atoms with E-state index in [0.29, 0.717) is 0 Å². The van der Waals surface area contributed by atoms with Crippen molar-refractivity contribution in [2.24, 2.45) is 0 Å². The normalized spacial score (nSPS) is 13.5. The molecule has 0 unspecified atom stereocenters. The van der Waals surface area contributed by atoms with Crippen LogP contribution in [0.2, 0.25) is 10.0 Å². The van der Waals surface area contributed by atoms with Crippen molar-refractivity contribution in [3.05, 3.63) is 62.8 Å². The Morgan fingerprint density at radius 3 is 1.74 bits per heavy atom. The third-order valence-electron chi connectivity index (χ3n) is 4.33. The topological polar surface area (TPSA) is 59.9 Å². The van der Waals surface area contributed by atoms with Gasteiger partial charge in [0.05, 0.1) is 38.0 Å². The van der Waals surface area contributed by atoms with E-state index in [1.807, 2.05) is 0 Å². The number of aromatic nitrogens is 2. The molecule has 3 rings (SSSR count). The van der Waals surface area contributed by atoms with Crippen LogP contribution in [0.1, 0.15) is 22.4 Å². The molecule has 0 saturated carbocycles. The number of hydrogen-bond acceptors (Lipinski definition) is 4. The second kappa shape index (κ2) is 8.41. The van der Waals surface area contributed by atoms with Gasteiger partial charge >= 0.3 is 18.5 Å². The van der Waals surface area contributed by atoms with Crippen LogP contribution in [0.4, 0.5) is 39.5 Å². The van der Waals surface area contributed by atoms with Gasteiger partial charge in [-0.05, 0) is 29.8 Å². The third-order valence-corrected chi connectivity index (χ3v) is 6.61. The highest BCUT2D eigenvalue weighted by atomic mass is 35.5. The molecular formula is C18H7Cl2F9N2O2S. The molecule has 2 aromatic carbocycles. The molecule has 16 heteroatoms. The predicted octanol–water partition coefficient (Wildman–Crippen LogP) is 6.97. The van der Waals surface area contributed by atoms with E-state index in [4.69, 9.17) is 23.2 Å². The number of sulfone groups is 1. The highest BCUT2D eigenvalue weighted by Crippen LogP contribution is 2.40. The molecule has 0 radical (unpaired) electrons. The van der Waals surface area contributed by atoms with Gasteiger partial charge in [0, 0.05) is 0 Å². The van der Waals surface area contributed by atoms with Crippen LogP contribution in [0.25, 0.3) is 11.0 Å². The van der Waals surface area contributed by atoms with Crippen LogP contribution in [0.15, 0.2) is 35.4 Å². The SMILES string of the molecule is O=S(=O)(Cc1ccc(C(F)(F)F)cc1C(F)(F)F)c1nc2cc(Cl)c(Cl)cc2nc1C(F)(F)F. The first-order chi connectivity index (χ1) is 15.3. The summed E-state index contributed by atoms with van der Waals surface area (Å²) < 4.78 is 145. The van der Waals surface area contributed by atoms with Crippen LogP contribution in [-0.2, 0) is 34.1 Å². The molecule has 0 aliphatic rings. The molecule has 0 amide bonds. The molecule has 34 heavy (non-hydrogen) atoms. The molecule has 0 aliphatic carbocycles. The number of halogens is 11. The quantitative estimate of drug-likeness (QED) is 0.327. The summed E-state index contributed by atoms with van der Waals surface area (Å²) in [5, 5.41) is -2.18. The van der Waals surface area contributed by atoms with Crippen LogP contribution in [0, 0.1) is 0 Å². The molecule has 0 N–H and O–H groups in total. The first-order valence-electron chi connectivity index (χ1n) is 8.55. The summed E-state index contributed by atoms with van der Waals surface area (Å²) in [6.07, 6.45) is -16.0. The molecule has 0 fully saturated rings. The van der Waals surface area contributed by atoms with Gasteiger partial charge in [0.25, 0.3) is 0 Å². The maximum Gasteiger partial charge on any atom is 0.436 e. The van der Waals surface area contributed by atoms with Gasteiger partial charge in [-0.25, -0.2) is 18.4 Å². The Labute approximate surface area is 194 Å². The van der Waals surface area contributed by atoms with Gasteiger partial charge in [-0.15, -0.1) is 0 Å². The van der Waals surface area contributed by atoms with Gasteiger partial charge in [-0.3, -0.25) is 0 Å². The van der Waals surface area contributed by atoms with Gasteiger partial charge in [-0.2, -0.15) is 39.5 Å². The van der Waals surface area contributed by atoms with Crippen molar-refractivity contribution in [3.63, 3.8) is 0 Å². The molecule has 0 aliphatic heterocycles. The van der Waals surface area contributed by atoms with Crippen LogP contribution in [0.5, 0.6) is 0 Å². The monoisotopic (exact) mass is 556 g/mol. The van der Waals surface area contributed by atoms with Crippen molar-refractivity contribution in [1.82, 2.24) is 9.97 Å². The summed E-state index contributed by atoms with van der Waals surface area (Å²) in [5.74, 6) is -1.75. The second-order valence-corrected chi connectivity index (χ2v) is 9.48. The lowest BCUT2D eigenvalue weighted by atomic mass is 10.0. The minimum absolute atomic E-state index is 0.179. The second-order valence-electron chi connectivity index (χ2n) is 6.76. The maximum atomic E-state index is 13.5. The fourth-order valence-corrected chi connectivity index (χ4v) is 4.66. The van der Waals surface area contributed by atoms with Gasteiger partial charge in [-0.1, -0.05) is 29.3 Å². The molecule has 0 atom stereocenters. The van der Waals surface area contributed by atoms with E-state index < -0.39 is 72.6 Å². The van der Waals surface area contributed by atoms with E-state index in [9.17, 15) is 47.9 Å². The lowest BCUT2D eigenvalue weighted by Gasteiger charge is -2.17. The van der Waals surface area contributed by atoms with Crippen molar-refractivity contribution < 1.29 is 47.9 Å². The fourth-order valence-electron chi connectivity index (χ4n) is 2.85. The zero-order valence-electron chi connectivity index (χ0n) is 15.9. The number of alkyl halides is 9. The Morgan fingerprint density at radius 2 is 1.26 bits per heavy atom. The van der Waals surface area contributed by atoms with E-state index in [0.717, 1.165) is 12.1 Å². The van der Waals surface area contributed by atoms with Crippen LogP contribution in [0.3, 0.4) is 0 Å². The Morgan fingerprint density at radius 1 is 0.735 bits per heavy atom. The summed E-state index contributed by atoms with van der Waals surface area (Å²) in [7, 11) is -5.32. The van der Waals surface area contributed by atoms with Crippen molar-refractivity contribution in [1.29, 1.82) is 0 Å². The number of rotatable bonds is 3. The highest BCUT2D eigenvalue weighted by Gasteiger charge is 2.43. The minimum atomic E-state index is -5.45. The van der Waals surface area contributed by atoms with Gasteiger partial charge in [0.1, 0.15) is 0 Å². The Hall–Kier alpha value is -2.32. The summed E-state index contributed by atoms with van der Waals surface area (Å²) in [4.78, 5) is 6.58. The molecule has 184 valence electrons. The third kappa shape index (κ3) is 5.33. The van der Waals surface area contributed by atoms with Crippen LogP contribution < -0.4 is 0 Å². The Bertz CT molecular complexity index is 1390. The Kier molecular flexibility index (Phi) is 6.50. The summed E-state index contributed by atoms with van der Waals surface area (Å²) >= 11 is 11.5. The lowest BCUT2D eigenvalue weighted by Crippen LogP contribution is -2.20. The maximum absolute atomic E-state index is 13.5. The first kappa shape index (κ1) is 26.3. The first-order valence-corrected chi connectivity index (χ1v) is 11.0. The van der Waals surface area contributed by atoms with Crippen molar-refractivity contribution >= 4 is 44.1 Å². The number of fused-ring (bicyclic) bond motifs is 1. The van der Waals surface area contributed by atoms with Gasteiger partial charge in [0.2, 0.25) is 9.84 Å². The van der Waals surface area contributed by atoms with Gasteiger partial charge < -0.3 is 0 Å². The summed E-state index contributed by atoms with van der Waals surface area (Å²) in [6.45, 7) is 0.